The van der Waals surface area contributed by atoms with Crippen molar-refractivity contribution in [2.75, 3.05) is 6.61 Å². The molecule has 23 heavy (non-hydrogen) atoms. The summed E-state index contributed by atoms with van der Waals surface area (Å²) >= 11 is 5.74. The van der Waals surface area contributed by atoms with Gasteiger partial charge in [0.1, 0.15) is 17.1 Å². The maximum Gasteiger partial charge on any atom is 0.349 e. The number of aromatic carboxylic acids is 1. The Balaban J connectivity index is 2.04. The second kappa shape index (κ2) is 7.15. The van der Waals surface area contributed by atoms with Crippen LogP contribution in [0.1, 0.15) is 21.5 Å². The Morgan fingerprint density at radius 1 is 1.09 bits per heavy atom. The Kier molecular flexibility index (Phi) is 5.24. The van der Waals surface area contributed by atoms with Crippen molar-refractivity contribution < 1.29 is 24.2 Å². The molecule has 0 unspecified atom stereocenters. The molecule has 0 bridgehead atoms. The van der Waals surface area contributed by atoms with E-state index in [0.29, 0.717) is 5.75 Å². The summed E-state index contributed by atoms with van der Waals surface area (Å²) in [5.41, 5.74) is 1.84. The first kappa shape index (κ1) is 16.8. The summed E-state index contributed by atoms with van der Waals surface area (Å²) in [4.78, 5) is 23.0. The highest BCUT2D eigenvalue weighted by Gasteiger charge is 2.15. The number of benzene rings is 2. The van der Waals surface area contributed by atoms with Gasteiger partial charge in [0.2, 0.25) is 0 Å². The molecule has 2 rings (SSSR count). The fourth-order valence-electron chi connectivity index (χ4n) is 2.07. The Hall–Kier alpha value is -2.53. The summed E-state index contributed by atoms with van der Waals surface area (Å²) in [6, 6.07) is 9.58. The number of carbonyl (C=O) groups excluding carboxylic acids is 1. The van der Waals surface area contributed by atoms with Gasteiger partial charge >= 0.3 is 11.9 Å². The largest absolute Gasteiger partial charge is 0.482 e. The first-order valence-electron chi connectivity index (χ1n) is 6.80. The number of ether oxygens (including phenoxy) is 2. The molecule has 0 aromatic heterocycles. The van der Waals surface area contributed by atoms with Crippen LogP contribution in [0.5, 0.6) is 11.5 Å². The summed E-state index contributed by atoms with van der Waals surface area (Å²) in [7, 11) is 0. The third-order valence-electron chi connectivity index (χ3n) is 2.95. The smallest absolute Gasteiger partial charge is 0.349 e. The second-order valence-corrected chi connectivity index (χ2v) is 5.47. The zero-order chi connectivity index (χ0) is 17.0. The molecular formula is C17H15ClO5. The van der Waals surface area contributed by atoms with Crippen molar-refractivity contribution in [1.82, 2.24) is 0 Å². The van der Waals surface area contributed by atoms with Crippen molar-refractivity contribution >= 4 is 23.5 Å². The molecule has 0 heterocycles. The number of hydrogen-bond acceptors (Lipinski definition) is 4. The summed E-state index contributed by atoms with van der Waals surface area (Å²) in [5, 5.41) is 9.33. The van der Waals surface area contributed by atoms with E-state index in [1.165, 1.54) is 18.2 Å². The highest BCUT2D eigenvalue weighted by Crippen LogP contribution is 2.23. The lowest BCUT2D eigenvalue weighted by molar-refractivity contribution is -0.136. The van der Waals surface area contributed by atoms with E-state index in [9.17, 15) is 9.59 Å². The second-order valence-electron chi connectivity index (χ2n) is 5.03. The third-order valence-corrected chi connectivity index (χ3v) is 3.18. The van der Waals surface area contributed by atoms with Crippen LogP contribution in [0.4, 0.5) is 0 Å². The van der Waals surface area contributed by atoms with Crippen LogP contribution in [0.2, 0.25) is 5.02 Å². The van der Waals surface area contributed by atoms with Crippen molar-refractivity contribution in [3.63, 3.8) is 0 Å². The molecule has 0 atom stereocenters. The van der Waals surface area contributed by atoms with Gasteiger partial charge in [0, 0.05) is 5.02 Å². The highest BCUT2D eigenvalue weighted by molar-refractivity contribution is 6.31. The van der Waals surface area contributed by atoms with E-state index < -0.39 is 11.9 Å². The normalized spacial score (nSPS) is 10.2. The number of carboxylic acids is 1. The van der Waals surface area contributed by atoms with Gasteiger partial charge in [-0.15, -0.1) is 0 Å². The van der Waals surface area contributed by atoms with Crippen molar-refractivity contribution in [2.45, 2.75) is 13.8 Å². The van der Waals surface area contributed by atoms with Gasteiger partial charge in [-0.2, -0.15) is 0 Å². The molecule has 0 fully saturated rings. The van der Waals surface area contributed by atoms with E-state index in [0.717, 1.165) is 11.1 Å². The first-order chi connectivity index (χ1) is 10.8. The van der Waals surface area contributed by atoms with Gasteiger partial charge in [-0.05, 0) is 55.3 Å². The van der Waals surface area contributed by atoms with Gasteiger partial charge in [-0.1, -0.05) is 17.7 Å². The van der Waals surface area contributed by atoms with Crippen LogP contribution >= 0.6 is 11.6 Å². The van der Waals surface area contributed by atoms with Crippen LogP contribution in [0.3, 0.4) is 0 Å². The molecule has 0 saturated heterocycles. The van der Waals surface area contributed by atoms with Crippen LogP contribution in [-0.2, 0) is 4.79 Å². The quantitative estimate of drug-likeness (QED) is 0.667. The molecule has 0 amide bonds. The minimum absolute atomic E-state index is 0.0732. The summed E-state index contributed by atoms with van der Waals surface area (Å²) in [6.07, 6.45) is 0. The number of carboxylic acid groups (broad SMARTS) is 1. The molecule has 5 nitrogen and oxygen atoms in total. The van der Waals surface area contributed by atoms with Crippen molar-refractivity contribution in [3.05, 3.63) is 58.1 Å². The minimum atomic E-state index is -1.23. The van der Waals surface area contributed by atoms with Crippen molar-refractivity contribution in [3.8, 4) is 11.5 Å². The minimum Gasteiger partial charge on any atom is -0.482 e. The van der Waals surface area contributed by atoms with Crippen molar-refractivity contribution in [2.24, 2.45) is 0 Å². The standard InChI is InChI=1S/C17H15ClO5/c1-10-5-11(2)7-13(6-10)22-9-16(19)23-15-4-3-12(18)8-14(15)17(20)21/h3-8H,9H2,1-2H3,(H,20,21). The van der Waals surface area contributed by atoms with E-state index in [2.05, 4.69) is 0 Å². The SMILES string of the molecule is Cc1cc(C)cc(OCC(=O)Oc2ccc(Cl)cc2C(=O)O)c1. The fraction of sp³-hybridized carbons (Fsp3) is 0.176. The Labute approximate surface area is 138 Å². The zero-order valence-electron chi connectivity index (χ0n) is 12.6. The number of carbonyl (C=O) groups is 2. The van der Waals surface area contributed by atoms with Gasteiger partial charge in [0.05, 0.1) is 0 Å². The van der Waals surface area contributed by atoms with Crippen LogP contribution < -0.4 is 9.47 Å². The van der Waals surface area contributed by atoms with Crippen LogP contribution in [0, 0.1) is 13.8 Å². The van der Waals surface area contributed by atoms with Crippen LogP contribution in [0.15, 0.2) is 36.4 Å². The topological polar surface area (TPSA) is 72.8 Å². The zero-order valence-corrected chi connectivity index (χ0v) is 13.4. The Morgan fingerprint density at radius 3 is 2.35 bits per heavy atom. The van der Waals surface area contributed by atoms with Crippen LogP contribution in [0.25, 0.3) is 0 Å². The number of rotatable bonds is 5. The molecule has 1 N–H and O–H groups in total. The average Bonchev–Trinajstić information content (AvgIpc) is 2.46. The fourth-order valence-corrected chi connectivity index (χ4v) is 2.24. The first-order valence-corrected chi connectivity index (χ1v) is 7.17. The molecular weight excluding hydrogens is 320 g/mol. The van der Waals surface area contributed by atoms with E-state index in [1.807, 2.05) is 19.9 Å². The summed E-state index contributed by atoms with van der Waals surface area (Å²) in [5.74, 6) is -1.45. The predicted octanol–water partition coefficient (Wildman–Crippen LogP) is 3.64. The third kappa shape index (κ3) is 4.72. The maximum absolute atomic E-state index is 11.8. The Bertz CT molecular complexity index is 734. The molecule has 0 aliphatic heterocycles. The van der Waals surface area contributed by atoms with Crippen LogP contribution in [-0.4, -0.2) is 23.7 Å². The van der Waals surface area contributed by atoms with Gasteiger partial charge in [0.15, 0.2) is 6.61 Å². The molecule has 120 valence electrons. The summed E-state index contributed by atoms with van der Waals surface area (Å²) in [6.45, 7) is 3.51. The molecule has 0 aliphatic rings. The molecule has 2 aromatic carbocycles. The molecule has 2 aromatic rings. The lowest BCUT2D eigenvalue weighted by Crippen LogP contribution is -2.19. The van der Waals surface area contributed by atoms with E-state index in [4.69, 9.17) is 26.2 Å². The van der Waals surface area contributed by atoms with E-state index in [-0.39, 0.29) is 22.9 Å². The van der Waals surface area contributed by atoms with Gasteiger partial charge in [-0.3, -0.25) is 0 Å². The lowest BCUT2D eigenvalue weighted by Gasteiger charge is -2.10. The van der Waals surface area contributed by atoms with Crippen molar-refractivity contribution in [1.29, 1.82) is 0 Å². The molecule has 0 spiro atoms. The number of halogens is 1. The average molecular weight is 335 g/mol. The number of esters is 1. The molecule has 0 saturated carbocycles. The number of hydrogen-bond donors (Lipinski definition) is 1. The summed E-state index contributed by atoms with van der Waals surface area (Å²) < 4.78 is 10.4. The monoisotopic (exact) mass is 334 g/mol. The molecule has 0 aliphatic carbocycles. The van der Waals surface area contributed by atoms with E-state index in [1.54, 1.807) is 12.1 Å². The van der Waals surface area contributed by atoms with Gasteiger partial charge in [0.25, 0.3) is 0 Å². The predicted molar refractivity (Wildman–Crippen MR) is 85.5 cm³/mol. The maximum atomic E-state index is 11.8. The highest BCUT2D eigenvalue weighted by atomic mass is 35.5. The van der Waals surface area contributed by atoms with Gasteiger partial charge in [-0.25, -0.2) is 9.59 Å². The lowest BCUT2D eigenvalue weighted by atomic mass is 10.1. The molecule has 6 heteroatoms. The van der Waals surface area contributed by atoms with E-state index >= 15 is 0 Å². The molecule has 0 radical (unpaired) electrons. The number of aryl methyl sites for hydroxylation is 2. The Morgan fingerprint density at radius 2 is 1.74 bits per heavy atom. The van der Waals surface area contributed by atoms with Gasteiger partial charge < -0.3 is 14.6 Å².